The number of nitrogens with one attached hydrogen (secondary N) is 1. The molecule has 4 heteroatoms. The molecule has 0 saturated heterocycles. The third-order valence-electron chi connectivity index (χ3n) is 1.70. The Morgan fingerprint density at radius 1 is 1.57 bits per heavy atom. The molecule has 0 bridgehead atoms. The van der Waals surface area contributed by atoms with Gasteiger partial charge >= 0.3 is 0 Å². The van der Waals surface area contributed by atoms with Crippen LogP contribution in [0.4, 0.5) is 0 Å². The minimum Gasteiger partial charge on any atom is -0.490 e. The van der Waals surface area contributed by atoms with Crippen molar-refractivity contribution in [1.29, 1.82) is 0 Å². The maximum Gasteiger partial charge on any atom is 0.130 e. The lowest BCUT2D eigenvalue weighted by atomic mass is 10.3. The monoisotopic (exact) mass is 215 g/mol. The van der Waals surface area contributed by atoms with Gasteiger partial charge in [0, 0.05) is 18.0 Å². The van der Waals surface area contributed by atoms with Crippen molar-refractivity contribution >= 4 is 11.3 Å². The molecule has 0 aliphatic rings. The Kier molecular flexibility index (Phi) is 4.93. The molecule has 1 rings (SSSR count). The lowest BCUT2D eigenvalue weighted by Crippen LogP contribution is -2.35. The standard InChI is InChI=1S/C10H17NO2S/c1-8(2)11-5-9(12)6-13-10-3-4-14-7-10/h3-4,7-9,11-12H,5-6H2,1-2H3. The normalized spacial score (nSPS) is 13.1. The summed E-state index contributed by atoms with van der Waals surface area (Å²) in [5.41, 5.74) is 0. The Bertz CT molecular complexity index is 236. The van der Waals surface area contributed by atoms with Crippen molar-refractivity contribution in [3.63, 3.8) is 0 Å². The number of rotatable bonds is 6. The maximum absolute atomic E-state index is 9.51. The highest BCUT2D eigenvalue weighted by molar-refractivity contribution is 7.08. The molecule has 0 aromatic carbocycles. The highest BCUT2D eigenvalue weighted by Gasteiger charge is 2.05. The van der Waals surface area contributed by atoms with E-state index in [1.807, 2.05) is 30.7 Å². The fourth-order valence-corrected chi connectivity index (χ4v) is 1.53. The number of aliphatic hydroxyl groups excluding tert-OH is 1. The van der Waals surface area contributed by atoms with E-state index in [9.17, 15) is 5.11 Å². The van der Waals surface area contributed by atoms with Crippen LogP contribution < -0.4 is 10.1 Å². The van der Waals surface area contributed by atoms with Crippen molar-refractivity contribution in [3.05, 3.63) is 16.8 Å². The zero-order chi connectivity index (χ0) is 10.4. The van der Waals surface area contributed by atoms with E-state index in [0.717, 1.165) is 5.75 Å². The molecule has 3 nitrogen and oxygen atoms in total. The number of thiophene rings is 1. The van der Waals surface area contributed by atoms with Crippen molar-refractivity contribution in [2.24, 2.45) is 0 Å². The summed E-state index contributed by atoms with van der Waals surface area (Å²) >= 11 is 1.59. The van der Waals surface area contributed by atoms with Gasteiger partial charge in [-0.05, 0) is 11.4 Å². The third-order valence-corrected chi connectivity index (χ3v) is 2.36. The van der Waals surface area contributed by atoms with Gasteiger partial charge in [0.05, 0.1) is 0 Å². The number of hydrogen-bond acceptors (Lipinski definition) is 4. The summed E-state index contributed by atoms with van der Waals surface area (Å²) in [5, 5.41) is 16.5. The van der Waals surface area contributed by atoms with E-state index in [4.69, 9.17) is 4.74 Å². The fourth-order valence-electron chi connectivity index (χ4n) is 0.957. The second-order valence-corrected chi connectivity index (χ2v) is 4.27. The van der Waals surface area contributed by atoms with Crippen LogP contribution in [0.5, 0.6) is 5.75 Å². The molecule has 1 heterocycles. The average Bonchev–Trinajstić information content (AvgIpc) is 2.63. The lowest BCUT2D eigenvalue weighted by molar-refractivity contribution is 0.105. The maximum atomic E-state index is 9.51. The summed E-state index contributed by atoms with van der Waals surface area (Å²) in [6.07, 6.45) is -0.447. The molecule has 1 unspecified atom stereocenters. The van der Waals surface area contributed by atoms with Crippen LogP contribution in [0.2, 0.25) is 0 Å². The van der Waals surface area contributed by atoms with E-state index in [-0.39, 0.29) is 0 Å². The van der Waals surface area contributed by atoms with E-state index >= 15 is 0 Å². The zero-order valence-electron chi connectivity index (χ0n) is 8.56. The first-order valence-corrected chi connectivity index (χ1v) is 5.69. The quantitative estimate of drug-likeness (QED) is 0.755. The van der Waals surface area contributed by atoms with E-state index in [2.05, 4.69) is 5.32 Å². The van der Waals surface area contributed by atoms with Crippen LogP contribution in [0.25, 0.3) is 0 Å². The Labute approximate surface area is 88.7 Å². The van der Waals surface area contributed by atoms with Crippen LogP contribution in [0.3, 0.4) is 0 Å². The van der Waals surface area contributed by atoms with E-state index in [1.54, 1.807) is 11.3 Å². The molecule has 0 spiro atoms. The first-order valence-electron chi connectivity index (χ1n) is 4.75. The molecule has 1 aromatic heterocycles. The highest BCUT2D eigenvalue weighted by atomic mass is 32.1. The molecule has 0 saturated carbocycles. The van der Waals surface area contributed by atoms with Crippen molar-refractivity contribution in [1.82, 2.24) is 5.32 Å². The molecular formula is C10H17NO2S. The van der Waals surface area contributed by atoms with Gasteiger partial charge in [0.25, 0.3) is 0 Å². The zero-order valence-corrected chi connectivity index (χ0v) is 9.38. The van der Waals surface area contributed by atoms with E-state index in [1.165, 1.54) is 0 Å². The Balaban J connectivity index is 2.12. The molecule has 0 aliphatic carbocycles. The van der Waals surface area contributed by atoms with Gasteiger partial charge in [-0.2, -0.15) is 0 Å². The minimum absolute atomic E-state index is 0.344. The van der Waals surface area contributed by atoms with Crippen LogP contribution in [0.1, 0.15) is 13.8 Å². The summed E-state index contributed by atoms with van der Waals surface area (Å²) in [4.78, 5) is 0. The van der Waals surface area contributed by atoms with Gasteiger partial charge in [0.1, 0.15) is 18.5 Å². The molecule has 14 heavy (non-hydrogen) atoms. The predicted octanol–water partition coefficient (Wildman–Crippen LogP) is 1.49. The van der Waals surface area contributed by atoms with Crippen LogP contribution in [0, 0.1) is 0 Å². The highest BCUT2D eigenvalue weighted by Crippen LogP contribution is 2.14. The first-order chi connectivity index (χ1) is 6.68. The van der Waals surface area contributed by atoms with Crippen molar-refractivity contribution in [3.8, 4) is 5.75 Å². The molecule has 0 aliphatic heterocycles. The van der Waals surface area contributed by atoms with E-state index in [0.29, 0.717) is 19.2 Å². The summed E-state index contributed by atoms with van der Waals surface area (Å²) in [5.74, 6) is 0.832. The summed E-state index contributed by atoms with van der Waals surface area (Å²) in [7, 11) is 0. The van der Waals surface area contributed by atoms with Gasteiger partial charge in [0.15, 0.2) is 0 Å². The first kappa shape index (κ1) is 11.5. The minimum atomic E-state index is -0.447. The smallest absolute Gasteiger partial charge is 0.130 e. The van der Waals surface area contributed by atoms with Gasteiger partial charge < -0.3 is 15.2 Å². The molecule has 0 radical (unpaired) electrons. The fraction of sp³-hybridized carbons (Fsp3) is 0.600. The van der Waals surface area contributed by atoms with Crippen LogP contribution >= 0.6 is 11.3 Å². The van der Waals surface area contributed by atoms with Crippen molar-refractivity contribution < 1.29 is 9.84 Å². The third kappa shape index (κ3) is 4.60. The van der Waals surface area contributed by atoms with Gasteiger partial charge in [-0.15, -0.1) is 11.3 Å². The average molecular weight is 215 g/mol. The Morgan fingerprint density at radius 2 is 2.36 bits per heavy atom. The molecular weight excluding hydrogens is 198 g/mol. The van der Waals surface area contributed by atoms with E-state index < -0.39 is 6.10 Å². The molecule has 1 aromatic rings. The summed E-state index contributed by atoms with van der Waals surface area (Å²) in [6, 6.07) is 2.29. The topological polar surface area (TPSA) is 41.5 Å². The number of ether oxygens (including phenoxy) is 1. The lowest BCUT2D eigenvalue weighted by Gasteiger charge is -2.14. The predicted molar refractivity (Wildman–Crippen MR) is 59.0 cm³/mol. The molecule has 80 valence electrons. The molecule has 1 atom stereocenters. The SMILES string of the molecule is CC(C)NCC(O)COc1ccsc1. The van der Waals surface area contributed by atoms with Crippen LogP contribution in [0.15, 0.2) is 16.8 Å². The van der Waals surface area contributed by atoms with Gasteiger partial charge in [0.2, 0.25) is 0 Å². The molecule has 0 fully saturated rings. The second kappa shape index (κ2) is 6.01. The van der Waals surface area contributed by atoms with Crippen LogP contribution in [-0.2, 0) is 0 Å². The van der Waals surface area contributed by atoms with Crippen molar-refractivity contribution in [2.45, 2.75) is 26.0 Å². The summed E-state index contributed by atoms with van der Waals surface area (Å²) < 4.78 is 5.36. The molecule has 2 N–H and O–H groups in total. The number of hydrogen-bond donors (Lipinski definition) is 2. The Morgan fingerprint density at radius 3 is 2.93 bits per heavy atom. The van der Waals surface area contributed by atoms with Gasteiger partial charge in [-0.1, -0.05) is 13.8 Å². The van der Waals surface area contributed by atoms with Gasteiger partial charge in [-0.25, -0.2) is 0 Å². The molecule has 0 amide bonds. The second-order valence-electron chi connectivity index (χ2n) is 3.49. The van der Waals surface area contributed by atoms with Crippen molar-refractivity contribution in [2.75, 3.05) is 13.2 Å². The number of aliphatic hydroxyl groups is 1. The Hall–Kier alpha value is -0.580. The largest absolute Gasteiger partial charge is 0.490 e. The van der Waals surface area contributed by atoms with Crippen LogP contribution in [-0.4, -0.2) is 30.4 Å². The summed E-state index contributed by atoms with van der Waals surface area (Å²) in [6.45, 7) is 5.01. The van der Waals surface area contributed by atoms with Gasteiger partial charge in [-0.3, -0.25) is 0 Å².